The molecule has 0 aliphatic rings. The van der Waals surface area contributed by atoms with Crippen molar-refractivity contribution >= 4 is 5.91 Å². The molecule has 1 amide bonds. The Labute approximate surface area is 111 Å². The first kappa shape index (κ1) is 13.3. The fourth-order valence-corrected chi connectivity index (χ4v) is 1.72. The summed E-state index contributed by atoms with van der Waals surface area (Å²) in [5, 5.41) is 16.2. The molecule has 1 aromatic heterocycles. The van der Waals surface area contributed by atoms with Crippen LogP contribution in [0, 0.1) is 6.92 Å². The first-order chi connectivity index (χ1) is 9.16. The Hall–Kier alpha value is -2.14. The number of carbonyl (C=O) groups is 1. The normalized spacial score (nSPS) is 12.1. The third kappa shape index (κ3) is 3.66. The van der Waals surface area contributed by atoms with Crippen LogP contribution in [-0.4, -0.2) is 22.7 Å². The number of aromatic nitrogens is 1. The minimum atomic E-state index is -0.585. The summed E-state index contributed by atoms with van der Waals surface area (Å²) < 4.78 is 4.84. The number of benzene rings is 1. The van der Waals surface area contributed by atoms with E-state index in [1.54, 1.807) is 13.0 Å². The third-order valence-electron chi connectivity index (χ3n) is 2.74. The molecule has 5 heteroatoms. The van der Waals surface area contributed by atoms with E-state index >= 15 is 0 Å². The quantitative estimate of drug-likeness (QED) is 0.860. The van der Waals surface area contributed by atoms with Crippen LogP contribution in [0.5, 0.6) is 0 Å². The maximum Gasteiger partial charge on any atom is 0.289 e. The van der Waals surface area contributed by atoms with Crippen LogP contribution in [0.1, 0.15) is 34.3 Å². The van der Waals surface area contributed by atoms with Gasteiger partial charge >= 0.3 is 0 Å². The molecule has 2 aromatic rings. The largest absolute Gasteiger partial charge is 0.388 e. The van der Waals surface area contributed by atoms with E-state index in [2.05, 4.69) is 10.5 Å². The molecule has 2 rings (SSSR count). The lowest BCUT2D eigenvalue weighted by Gasteiger charge is -2.10. The average Bonchev–Trinajstić information content (AvgIpc) is 2.86. The molecule has 1 unspecified atom stereocenters. The van der Waals surface area contributed by atoms with E-state index in [1.807, 2.05) is 30.3 Å². The van der Waals surface area contributed by atoms with Crippen LogP contribution in [0.2, 0.25) is 0 Å². The molecule has 2 N–H and O–H groups in total. The van der Waals surface area contributed by atoms with Crippen molar-refractivity contribution in [3.05, 3.63) is 53.4 Å². The molecule has 0 aliphatic carbocycles. The van der Waals surface area contributed by atoms with Gasteiger partial charge in [-0.3, -0.25) is 4.79 Å². The molecule has 100 valence electrons. The summed E-state index contributed by atoms with van der Waals surface area (Å²) in [6, 6.07) is 10.9. The highest BCUT2D eigenvalue weighted by atomic mass is 16.5. The van der Waals surface area contributed by atoms with Gasteiger partial charge in [-0.05, 0) is 18.9 Å². The van der Waals surface area contributed by atoms with Crippen molar-refractivity contribution in [3.63, 3.8) is 0 Å². The minimum Gasteiger partial charge on any atom is -0.388 e. The summed E-state index contributed by atoms with van der Waals surface area (Å²) in [6.07, 6.45) is -0.138. The lowest BCUT2D eigenvalue weighted by atomic mass is 10.1. The zero-order chi connectivity index (χ0) is 13.7. The summed E-state index contributed by atoms with van der Waals surface area (Å²) >= 11 is 0. The number of nitrogens with one attached hydrogen (secondary N) is 1. The predicted molar refractivity (Wildman–Crippen MR) is 69.6 cm³/mol. The summed E-state index contributed by atoms with van der Waals surface area (Å²) in [7, 11) is 0. The van der Waals surface area contributed by atoms with E-state index in [0.717, 1.165) is 5.56 Å². The highest BCUT2D eigenvalue weighted by Gasteiger charge is 2.12. The van der Waals surface area contributed by atoms with Gasteiger partial charge in [0, 0.05) is 12.6 Å². The van der Waals surface area contributed by atoms with Gasteiger partial charge in [-0.25, -0.2) is 0 Å². The van der Waals surface area contributed by atoms with Gasteiger partial charge in [-0.2, -0.15) is 0 Å². The average molecular weight is 260 g/mol. The number of nitrogens with zero attached hydrogens (tertiary/aromatic N) is 1. The topological polar surface area (TPSA) is 75.4 Å². The first-order valence-electron chi connectivity index (χ1n) is 6.11. The predicted octanol–water partition coefficient (Wildman–Crippen LogP) is 1.84. The number of carbonyl (C=O) groups excluding carboxylic acids is 1. The minimum absolute atomic E-state index is 0.187. The summed E-state index contributed by atoms with van der Waals surface area (Å²) in [5.74, 6) is -0.132. The van der Waals surface area contributed by atoms with E-state index in [0.29, 0.717) is 18.7 Å². The van der Waals surface area contributed by atoms with Crippen molar-refractivity contribution in [1.82, 2.24) is 10.5 Å². The summed E-state index contributed by atoms with van der Waals surface area (Å²) in [6.45, 7) is 2.12. The summed E-state index contributed by atoms with van der Waals surface area (Å²) in [4.78, 5) is 11.6. The van der Waals surface area contributed by atoms with Crippen LogP contribution in [0.15, 0.2) is 40.9 Å². The maximum absolute atomic E-state index is 11.6. The van der Waals surface area contributed by atoms with Crippen LogP contribution in [0.4, 0.5) is 0 Å². The van der Waals surface area contributed by atoms with Gasteiger partial charge in [0.1, 0.15) is 0 Å². The Morgan fingerprint density at radius 1 is 1.42 bits per heavy atom. The lowest BCUT2D eigenvalue weighted by molar-refractivity contribution is 0.0906. The van der Waals surface area contributed by atoms with Gasteiger partial charge in [-0.1, -0.05) is 35.5 Å². The van der Waals surface area contributed by atoms with Crippen molar-refractivity contribution in [2.45, 2.75) is 19.4 Å². The van der Waals surface area contributed by atoms with Crippen molar-refractivity contribution in [3.8, 4) is 0 Å². The van der Waals surface area contributed by atoms with Gasteiger partial charge in [0.15, 0.2) is 0 Å². The van der Waals surface area contributed by atoms with Crippen molar-refractivity contribution in [2.75, 3.05) is 6.54 Å². The monoisotopic (exact) mass is 260 g/mol. The molecule has 1 heterocycles. The Balaban J connectivity index is 1.79. The highest BCUT2D eigenvalue weighted by molar-refractivity contribution is 5.91. The Bertz CT molecular complexity index is 537. The number of hydrogen-bond acceptors (Lipinski definition) is 4. The Morgan fingerprint density at radius 2 is 2.16 bits per heavy atom. The molecule has 5 nitrogen and oxygen atoms in total. The number of aryl methyl sites for hydroxylation is 1. The van der Waals surface area contributed by atoms with Crippen LogP contribution < -0.4 is 5.32 Å². The second-order valence-electron chi connectivity index (χ2n) is 4.30. The molecular weight excluding hydrogens is 244 g/mol. The fraction of sp³-hybridized carbons (Fsp3) is 0.286. The van der Waals surface area contributed by atoms with Crippen molar-refractivity contribution in [2.24, 2.45) is 0 Å². The Morgan fingerprint density at radius 3 is 2.79 bits per heavy atom. The number of hydrogen-bond donors (Lipinski definition) is 2. The van der Waals surface area contributed by atoms with E-state index in [1.165, 1.54) is 0 Å². The number of aliphatic hydroxyl groups is 1. The molecule has 0 radical (unpaired) electrons. The molecule has 19 heavy (non-hydrogen) atoms. The first-order valence-corrected chi connectivity index (χ1v) is 6.11. The molecule has 0 spiro atoms. The van der Waals surface area contributed by atoms with Gasteiger partial charge in [-0.15, -0.1) is 0 Å². The van der Waals surface area contributed by atoms with Crippen LogP contribution in [-0.2, 0) is 0 Å². The van der Waals surface area contributed by atoms with E-state index in [9.17, 15) is 9.90 Å². The zero-order valence-electron chi connectivity index (χ0n) is 10.7. The third-order valence-corrected chi connectivity index (χ3v) is 2.74. The van der Waals surface area contributed by atoms with Crippen molar-refractivity contribution < 1.29 is 14.4 Å². The number of amides is 1. The smallest absolute Gasteiger partial charge is 0.289 e. The molecule has 1 aromatic carbocycles. The molecule has 0 aliphatic heterocycles. The Kier molecular flexibility index (Phi) is 4.30. The van der Waals surface area contributed by atoms with Crippen LogP contribution in [0.25, 0.3) is 0 Å². The molecule has 0 saturated heterocycles. The highest BCUT2D eigenvalue weighted by Crippen LogP contribution is 2.14. The van der Waals surface area contributed by atoms with Crippen LogP contribution in [0.3, 0.4) is 0 Å². The summed E-state index contributed by atoms with van der Waals surface area (Å²) in [5.41, 5.74) is 1.50. The van der Waals surface area contributed by atoms with Crippen LogP contribution >= 0.6 is 0 Å². The number of aliphatic hydroxyl groups excluding tert-OH is 1. The second kappa shape index (κ2) is 6.15. The fourth-order valence-electron chi connectivity index (χ4n) is 1.72. The standard InChI is InChI=1S/C14H16N2O3/c1-10-9-13(19-16-10)14(18)15-8-7-12(17)11-5-3-2-4-6-11/h2-6,9,12,17H,7-8H2,1H3,(H,15,18). The molecule has 1 atom stereocenters. The molecular formula is C14H16N2O3. The molecule has 0 saturated carbocycles. The maximum atomic E-state index is 11.6. The van der Waals surface area contributed by atoms with Gasteiger partial charge < -0.3 is 14.9 Å². The van der Waals surface area contributed by atoms with Gasteiger partial charge in [0.2, 0.25) is 5.76 Å². The molecule has 0 bridgehead atoms. The van der Waals surface area contributed by atoms with E-state index in [-0.39, 0.29) is 11.7 Å². The van der Waals surface area contributed by atoms with E-state index < -0.39 is 6.10 Å². The zero-order valence-corrected chi connectivity index (χ0v) is 10.7. The van der Waals surface area contributed by atoms with Crippen molar-refractivity contribution in [1.29, 1.82) is 0 Å². The lowest BCUT2D eigenvalue weighted by Crippen LogP contribution is -2.25. The molecule has 0 fully saturated rings. The second-order valence-corrected chi connectivity index (χ2v) is 4.30. The van der Waals surface area contributed by atoms with E-state index in [4.69, 9.17) is 4.52 Å². The van der Waals surface area contributed by atoms with Gasteiger partial charge in [0.05, 0.1) is 11.8 Å². The number of rotatable bonds is 5. The van der Waals surface area contributed by atoms with Gasteiger partial charge in [0.25, 0.3) is 5.91 Å². The SMILES string of the molecule is Cc1cc(C(=O)NCCC(O)c2ccccc2)on1.